The second kappa shape index (κ2) is 9.07. The highest BCUT2D eigenvalue weighted by atomic mass is 16.2. The smallest absolute Gasteiger partial charge is 0.312 e. The average molecular weight is 305 g/mol. The minimum Gasteiger partial charge on any atom is -0.352 e. The standard InChI is InChI=1S/C17H27N3O2/c1-4-6-7-13-8-10-14(11-9-13)19-16(21)15(12(3)5-2)20-17(18)22/h8-12,15H,4-7H2,1-3H3,(H,19,21)(H3,18,20,22). The lowest BCUT2D eigenvalue weighted by atomic mass is 9.98. The molecule has 5 heteroatoms. The van der Waals surface area contributed by atoms with Gasteiger partial charge in [0.1, 0.15) is 6.04 Å². The molecular formula is C17H27N3O2. The van der Waals surface area contributed by atoms with Crippen LogP contribution in [-0.4, -0.2) is 18.0 Å². The summed E-state index contributed by atoms with van der Waals surface area (Å²) in [6.45, 7) is 6.04. The van der Waals surface area contributed by atoms with Crippen molar-refractivity contribution in [2.75, 3.05) is 5.32 Å². The number of carbonyl (C=O) groups excluding carboxylic acids is 2. The lowest BCUT2D eigenvalue weighted by Gasteiger charge is -2.22. The van der Waals surface area contributed by atoms with E-state index in [0.29, 0.717) is 0 Å². The predicted molar refractivity (Wildman–Crippen MR) is 89.6 cm³/mol. The maximum absolute atomic E-state index is 12.3. The highest BCUT2D eigenvalue weighted by molar-refractivity contribution is 5.97. The van der Waals surface area contributed by atoms with Gasteiger partial charge in [0, 0.05) is 5.69 Å². The number of anilines is 1. The molecule has 1 rings (SSSR count). The molecule has 0 aliphatic heterocycles. The number of hydrogen-bond donors (Lipinski definition) is 3. The van der Waals surface area contributed by atoms with Crippen LogP contribution in [0.25, 0.3) is 0 Å². The molecular weight excluding hydrogens is 278 g/mol. The molecule has 2 unspecified atom stereocenters. The third-order valence-corrected chi connectivity index (χ3v) is 3.83. The lowest BCUT2D eigenvalue weighted by molar-refractivity contribution is -0.119. The zero-order chi connectivity index (χ0) is 16.5. The molecule has 0 bridgehead atoms. The quantitative estimate of drug-likeness (QED) is 0.689. The van der Waals surface area contributed by atoms with Crippen LogP contribution in [0.2, 0.25) is 0 Å². The van der Waals surface area contributed by atoms with Crippen molar-refractivity contribution in [1.82, 2.24) is 5.32 Å². The molecule has 22 heavy (non-hydrogen) atoms. The largest absolute Gasteiger partial charge is 0.352 e. The van der Waals surface area contributed by atoms with Crippen molar-refractivity contribution in [1.29, 1.82) is 0 Å². The summed E-state index contributed by atoms with van der Waals surface area (Å²) >= 11 is 0. The van der Waals surface area contributed by atoms with Crippen molar-refractivity contribution in [3.05, 3.63) is 29.8 Å². The number of benzene rings is 1. The van der Waals surface area contributed by atoms with Crippen molar-refractivity contribution >= 4 is 17.6 Å². The highest BCUT2D eigenvalue weighted by Crippen LogP contribution is 2.14. The Kier molecular flexibility index (Phi) is 7.43. The fourth-order valence-corrected chi connectivity index (χ4v) is 2.21. The summed E-state index contributed by atoms with van der Waals surface area (Å²) in [4.78, 5) is 23.4. The van der Waals surface area contributed by atoms with Crippen LogP contribution in [0.15, 0.2) is 24.3 Å². The van der Waals surface area contributed by atoms with E-state index >= 15 is 0 Å². The first-order valence-electron chi connectivity index (χ1n) is 7.93. The summed E-state index contributed by atoms with van der Waals surface area (Å²) in [5.41, 5.74) is 7.14. The Morgan fingerprint density at radius 1 is 1.18 bits per heavy atom. The zero-order valence-electron chi connectivity index (χ0n) is 13.7. The first-order chi connectivity index (χ1) is 10.5. The molecule has 0 aliphatic rings. The van der Waals surface area contributed by atoms with Crippen LogP contribution in [0.3, 0.4) is 0 Å². The van der Waals surface area contributed by atoms with Gasteiger partial charge in [0.2, 0.25) is 5.91 Å². The van der Waals surface area contributed by atoms with E-state index in [2.05, 4.69) is 17.6 Å². The number of nitrogens with one attached hydrogen (secondary N) is 2. The van der Waals surface area contributed by atoms with Gasteiger partial charge in [-0.1, -0.05) is 45.7 Å². The van der Waals surface area contributed by atoms with Gasteiger partial charge in [-0.05, 0) is 36.5 Å². The fraction of sp³-hybridized carbons (Fsp3) is 0.529. The Morgan fingerprint density at radius 2 is 1.82 bits per heavy atom. The van der Waals surface area contributed by atoms with Crippen molar-refractivity contribution in [3.8, 4) is 0 Å². The second-order valence-corrected chi connectivity index (χ2v) is 5.66. The van der Waals surface area contributed by atoms with Crippen LogP contribution in [0.4, 0.5) is 10.5 Å². The van der Waals surface area contributed by atoms with E-state index in [0.717, 1.165) is 31.4 Å². The second-order valence-electron chi connectivity index (χ2n) is 5.66. The molecule has 0 spiro atoms. The van der Waals surface area contributed by atoms with E-state index in [-0.39, 0.29) is 11.8 Å². The number of rotatable bonds is 8. The maximum atomic E-state index is 12.3. The molecule has 0 saturated carbocycles. The molecule has 2 atom stereocenters. The summed E-state index contributed by atoms with van der Waals surface area (Å²) in [7, 11) is 0. The molecule has 3 amide bonds. The Morgan fingerprint density at radius 3 is 2.32 bits per heavy atom. The van der Waals surface area contributed by atoms with Gasteiger partial charge in [0.25, 0.3) is 0 Å². The molecule has 4 N–H and O–H groups in total. The SMILES string of the molecule is CCCCc1ccc(NC(=O)C(NC(N)=O)C(C)CC)cc1. The van der Waals surface area contributed by atoms with Gasteiger partial charge in [-0.2, -0.15) is 0 Å². The third-order valence-electron chi connectivity index (χ3n) is 3.83. The fourth-order valence-electron chi connectivity index (χ4n) is 2.21. The van der Waals surface area contributed by atoms with Crippen molar-refractivity contribution in [2.24, 2.45) is 11.7 Å². The number of aryl methyl sites for hydroxylation is 1. The molecule has 1 aromatic carbocycles. The van der Waals surface area contributed by atoms with E-state index in [1.54, 1.807) is 0 Å². The molecule has 5 nitrogen and oxygen atoms in total. The number of hydrogen-bond acceptors (Lipinski definition) is 2. The Bertz CT molecular complexity index is 485. The zero-order valence-corrected chi connectivity index (χ0v) is 13.7. The normalized spacial score (nSPS) is 13.2. The lowest BCUT2D eigenvalue weighted by Crippen LogP contribution is -2.49. The summed E-state index contributed by atoms with van der Waals surface area (Å²) in [6, 6.07) is 6.51. The van der Waals surface area contributed by atoms with Gasteiger partial charge >= 0.3 is 6.03 Å². The van der Waals surface area contributed by atoms with Crippen molar-refractivity contribution in [3.63, 3.8) is 0 Å². The van der Waals surface area contributed by atoms with Gasteiger partial charge in [0.05, 0.1) is 0 Å². The van der Waals surface area contributed by atoms with Crippen LogP contribution in [0.1, 0.15) is 45.6 Å². The van der Waals surface area contributed by atoms with E-state index in [1.165, 1.54) is 5.56 Å². The molecule has 122 valence electrons. The third kappa shape index (κ3) is 5.76. The van der Waals surface area contributed by atoms with Gasteiger partial charge < -0.3 is 16.4 Å². The molecule has 0 fully saturated rings. The van der Waals surface area contributed by atoms with Crippen molar-refractivity contribution < 1.29 is 9.59 Å². The van der Waals surface area contributed by atoms with E-state index in [9.17, 15) is 9.59 Å². The molecule has 0 aromatic heterocycles. The molecule has 1 aromatic rings. The molecule has 0 saturated heterocycles. The van der Waals surface area contributed by atoms with Crippen LogP contribution in [0.5, 0.6) is 0 Å². The number of carbonyl (C=O) groups is 2. The molecule has 0 aliphatic carbocycles. The first-order valence-corrected chi connectivity index (χ1v) is 7.93. The van der Waals surface area contributed by atoms with Gasteiger partial charge in [0.15, 0.2) is 0 Å². The van der Waals surface area contributed by atoms with E-state index in [1.807, 2.05) is 38.1 Å². The number of amides is 3. The number of primary amides is 1. The summed E-state index contributed by atoms with van der Waals surface area (Å²) in [6.07, 6.45) is 4.13. The average Bonchev–Trinajstić information content (AvgIpc) is 2.51. The van der Waals surface area contributed by atoms with Gasteiger partial charge in [-0.3, -0.25) is 4.79 Å². The van der Waals surface area contributed by atoms with Crippen LogP contribution in [-0.2, 0) is 11.2 Å². The van der Waals surface area contributed by atoms with Crippen LogP contribution < -0.4 is 16.4 Å². The summed E-state index contributed by atoms with van der Waals surface area (Å²) in [5.74, 6) is -0.231. The first kappa shape index (κ1) is 18.0. The van der Waals surface area contributed by atoms with Crippen LogP contribution in [0, 0.1) is 5.92 Å². The summed E-state index contributed by atoms with van der Waals surface area (Å²) < 4.78 is 0. The highest BCUT2D eigenvalue weighted by Gasteiger charge is 2.25. The monoisotopic (exact) mass is 305 g/mol. The predicted octanol–water partition coefficient (Wildman–Crippen LogP) is 3.05. The number of nitrogens with two attached hydrogens (primary N) is 1. The van der Waals surface area contributed by atoms with E-state index in [4.69, 9.17) is 5.73 Å². The number of urea groups is 1. The topological polar surface area (TPSA) is 84.2 Å². The van der Waals surface area contributed by atoms with E-state index < -0.39 is 12.1 Å². The Balaban J connectivity index is 2.69. The maximum Gasteiger partial charge on any atom is 0.312 e. The summed E-state index contributed by atoms with van der Waals surface area (Å²) in [5, 5.41) is 5.35. The van der Waals surface area contributed by atoms with Crippen molar-refractivity contribution in [2.45, 2.75) is 52.5 Å². The molecule has 0 heterocycles. The Hall–Kier alpha value is -2.04. The minimum absolute atomic E-state index is 0.0105. The minimum atomic E-state index is -0.685. The molecule has 0 radical (unpaired) electrons. The van der Waals surface area contributed by atoms with Crippen LogP contribution >= 0.6 is 0 Å². The van der Waals surface area contributed by atoms with Gasteiger partial charge in [-0.15, -0.1) is 0 Å². The Labute approximate surface area is 132 Å². The van der Waals surface area contributed by atoms with Gasteiger partial charge in [-0.25, -0.2) is 4.79 Å². The number of unbranched alkanes of at least 4 members (excludes halogenated alkanes) is 1.